The third kappa shape index (κ3) is 3.78. The van der Waals surface area contributed by atoms with Crippen molar-refractivity contribution in [3.63, 3.8) is 0 Å². The first kappa shape index (κ1) is 14.0. The van der Waals surface area contributed by atoms with Gasteiger partial charge in [-0.3, -0.25) is 10.2 Å². The van der Waals surface area contributed by atoms with E-state index in [-0.39, 0.29) is 5.91 Å². The average molecular weight is 261 g/mol. The minimum Gasteiger partial charge on any atom is -0.300 e. The Labute approximate surface area is 114 Å². The topological polar surface area (TPSA) is 58.4 Å². The maximum Gasteiger partial charge on any atom is 0.233 e. The summed E-state index contributed by atoms with van der Waals surface area (Å²) < 4.78 is 0. The summed E-state index contributed by atoms with van der Waals surface area (Å²) in [4.78, 5) is 13.6. The van der Waals surface area contributed by atoms with Crippen LogP contribution in [-0.2, 0) is 4.79 Å². The van der Waals surface area contributed by atoms with Gasteiger partial charge in [-0.15, -0.1) is 0 Å². The number of hydrogen-bond donors (Lipinski definition) is 2. The van der Waals surface area contributed by atoms with Gasteiger partial charge >= 0.3 is 0 Å². The average Bonchev–Trinajstić information content (AvgIpc) is 2.95. The third-order valence-corrected chi connectivity index (χ3v) is 4.06. The van der Waals surface area contributed by atoms with Crippen molar-refractivity contribution < 1.29 is 4.79 Å². The van der Waals surface area contributed by atoms with E-state index in [4.69, 9.17) is 5.84 Å². The van der Waals surface area contributed by atoms with Crippen LogP contribution in [0.25, 0.3) is 0 Å². The molecule has 19 heavy (non-hydrogen) atoms. The summed E-state index contributed by atoms with van der Waals surface area (Å²) >= 11 is 0. The zero-order valence-electron chi connectivity index (χ0n) is 11.5. The first-order chi connectivity index (χ1) is 9.20. The Bertz CT molecular complexity index is 407. The van der Waals surface area contributed by atoms with Gasteiger partial charge < -0.3 is 4.90 Å². The fraction of sp³-hybridized carbons (Fsp3) is 0.533. The molecule has 1 saturated heterocycles. The van der Waals surface area contributed by atoms with E-state index in [9.17, 15) is 4.79 Å². The molecule has 1 aromatic rings. The van der Waals surface area contributed by atoms with E-state index < -0.39 is 0 Å². The van der Waals surface area contributed by atoms with Crippen molar-refractivity contribution in [1.82, 2.24) is 10.3 Å². The number of hydrazine groups is 1. The molecule has 4 nitrogen and oxygen atoms in total. The lowest BCUT2D eigenvalue weighted by Gasteiger charge is -2.24. The zero-order chi connectivity index (χ0) is 13.7. The molecule has 2 unspecified atom stereocenters. The Balaban J connectivity index is 1.83. The molecule has 0 bridgehead atoms. The van der Waals surface area contributed by atoms with Gasteiger partial charge in [0.25, 0.3) is 0 Å². The van der Waals surface area contributed by atoms with Gasteiger partial charge in [-0.05, 0) is 37.8 Å². The third-order valence-electron chi connectivity index (χ3n) is 4.06. The molecule has 1 fully saturated rings. The maximum atomic E-state index is 11.2. The molecular formula is C15H23N3O. The second-order valence-electron chi connectivity index (χ2n) is 5.35. The fourth-order valence-electron chi connectivity index (χ4n) is 2.78. The highest BCUT2D eigenvalue weighted by Crippen LogP contribution is 2.28. The van der Waals surface area contributed by atoms with Crippen molar-refractivity contribution in [3.8, 4) is 0 Å². The normalized spacial score (nSPS) is 21.3. The Hall–Kier alpha value is -1.39. The number of rotatable bonds is 5. The number of amides is 1. The lowest BCUT2D eigenvalue weighted by Crippen LogP contribution is -2.34. The highest BCUT2D eigenvalue weighted by Gasteiger charge is 2.26. The Morgan fingerprint density at radius 3 is 2.89 bits per heavy atom. The molecule has 4 heteroatoms. The van der Waals surface area contributed by atoms with Crippen molar-refractivity contribution in [2.45, 2.75) is 38.1 Å². The summed E-state index contributed by atoms with van der Waals surface area (Å²) in [6.07, 6.45) is 2.58. The Morgan fingerprint density at radius 1 is 1.47 bits per heavy atom. The molecule has 0 aromatic heterocycles. The summed E-state index contributed by atoms with van der Waals surface area (Å²) in [5.74, 6) is 5.65. The van der Waals surface area contributed by atoms with Crippen molar-refractivity contribution in [1.29, 1.82) is 0 Å². The van der Waals surface area contributed by atoms with E-state index >= 15 is 0 Å². The highest BCUT2D eigenvalue weighted by molar-refractivity contribution is 5.75. The molecule has 1 amide bonds. The molecule has 2 rings (SSSR count). The van der Waals surface area contributed by atoms with Gasteiger partial charge in [0.15, 0.2) is 0 Å². The van der Waals surface area contributed by atoms with Crippen molar-refractivity contribution in [2.75, 3.05) is 13.1 Å². The number of nitrogens with two attached hydrogens (primary N) is 1. The second kappa shape index (κ2) is 6.68. The van der Waals surface area contributed by atoms with Crippen LogP contribution in [-0.4, -0.2) is 29.9 Å². The Morgan fingerprint density at radius 2 is 2.21 bits per heavy atom. The first-order valence-corrected chi connectivity index (χ1v) is 6.99. The molecule has 0 aliphatic carbocycles. The lowest BCUT2D eigenvalue weighted by molar-refractivity contribution is -0.121. The largest absolute Gasteiger partial charge is 0.300 e. The van der Waals surface area contributed by atoms with Gasteiger partial charge in [0.1, 0.15) is 0 Å². The summed E-state index contributed by atoms with van der Waals surface area (Å²) in [7, 11) is 0. The SMILES string of the molecule is CC(CCC(=O)NN)N1CCC(c2ccccc2)C1. The van der Waals surface area contributed by atoms with Crippen LogP contribution in [0, 0.1) is 0 Å². The highest BCUT2D eigenvalue weighted by atomic mass is 16.2. The second-order valence-corrected chi connectivity index (χ2v) is 5.35. The number of carbonyl (C=O) groups is 1. The van der Waals surface area contributed by atoms with E-state index in [0.29, 0.717) is 18.4 Å². The van der Waals surface area contributed by atoms with E-state index in [1.54, 1.807) is 0 Å². The van der Waals surface area contributed by atoms with Gasteiger partial charge in [-0.2, -0.15) is 0 Å². The predicted octanol–water partition coefficient (Wildman–Crippen LogP) is 1.63. The molecule has 1 aliphatic heterocycles. The lowest BCUT2D eigenvalue weighted by atomic mass is 9.99. The van der Waals surface area contributed by atoms with Crippen LogP contribution < -0.4 is 11.3 Å². The molecule has 1 aromatic carbocycles. The van der Waals surface area contributed by atoms with Crippen LogP contribution in [0.5, 0.6) is 0 Å². The van der Waals surface area contributed by atoms with E-state index in [1.807, 2.05) is 0 Å². The number of nitrogens with one attached hydrogen (secondary N) is 1. The Kier molecular flexibility index (Phi) is 4.93. The zero-order valence-corrected chi connectivity index (χ0v) is 11.5. The monoisotopic (exact) mass is 261 g/mol. The van der Waals surface area contributed by atoms with Crippen LogP contribution in [0.3, 0.4) is 0 Å². The van der Waals surface area contributed by atoms with Crippen molar-refractivity contribution in [3.05, 3.63) is 35.9 Å². The van der Waals surface area contributed by atoms with Gasteiger partial charge in [0, 0.05) is 19.0 Å². The quantitative estimate of drug-likeness (QED) is 0.481. The molecule has 1 aliphatic rings. The molecule has 0 radical (unpaired) electrons. The minimum atomic E-state index is -0.0781. The van der Waals surface area contributed by atoms with Crippen LogP contribution in [0.4, 0.5) is 0 Å². The maximum absolute atomic E-state index is 11.2. The molecule has 3 N–H and O–H groups in total. The van der Waals surface area contributed by atoms with Gasteiger partial charge in [0.2, 0.25) is 5.91 Å². The molecular weight excluding hydrogens is 238 g/mol. The molecule has 0 spiro atoms. The summed E-state index contributed by atoms with van der Waals surface area (Å²) in [6.45, 7) is 4.40. The first-order valence-electron chi connectivity index (χ1n) is 6.99. The molecule has 0 saturated carbocycles. The van der Waals surface area contributed by atoms with Gasteiger partial charge in [-0.25, -0.2) is 5.84 Å². The number of likely N-dealkylation sites (tertiary alicyclic amines) is 1. The minimum absolute atomic E-state index is 0.0781. The summed E-state index contributed by atoms with van der Waals surface area (Å²) in [6, 6.07) is 11.1. The molecule has 1 heterocycles. The van der Waals surface area contributed by atoms with Crippen LogP contribution in [0.2, 0.25) is 0 Å². The van der Waals surface area contributed by atoms with Gasteiger partial charge in [-0.1, -0.05) is 30.3 Å². The van der Waals surface area contributed by atoms with Crippen LogP contribution in [0.1, 0.15) is 37.7 Å². The number of hydrogen-bond acceptors (Lipinski definition) is 3. The fourth-order valence-corrected chi connectivity index (χ4v) is 2.78. The van der Waals surface area contributed by atoms with Crippen LogP contribution in [0.15, 0.2) is 30.3 Å². The van der Waals surface area contributed by atoms with E-state index in [2.05, 4.69) is 47.6 Å². The smallest absolute Gasteiger partial charge is 0.233 e. The van der Waals surface area contributed by atoms with E-state index in [1.165, 1.54) is 12.0 Å². The molecule has 104 valence electrons. The number of nitrogens with zero attached hydrogens (tertiary/aromatic N) is 1. The van der Waals surface area contributed by atoms with Gasteiger partial charge in [0.05, 0.1) is 0 Å². The summed E-state index contributed by atoms with van der Waals surface area (Å²) in [5, 5.41) is 0. The van der Waals surface area contributed by atoms with Crippen molar-refractivity contribution in [2.24, 2.45) is 5.84 Å². The van der Waals surface area contributed by atoms with Crippen molar-refractivity contribution >= 4 is 5.91 Å². The predicted molar refractivity (Wildman–Crippen MR) is 76.4 cm³/mol. The van der Waals surface area contributed by atoms with E-state index in [0.717, 1.165) is 19.5 Å². The number of benzene rings is 1. The summed E-state index contributed by atoms with van der Waals surface area (Å²) in [5.41, 5.74) is 3.62. The standard InChI is InChI=1S/C15H23N3O/c1-12(7-8-15(19)17-16)18-10-9-14(11-18)13-5-3-2-4-6-13/h2-6,12,14H,7-11,16H2,1H3,(H,17,19). The van der Waals surface area contributed by atoms with Crippen LogP contribution >= 0.6 is 0 Å². The molecule has 2 atom stereocenters. The number of carbonyl (C=O) groups excluding carboxylic acids is 1.